The lowest BCUT2D eigenvalue weighted by atomic mass is 9.47. The highest BCUT2D eigenvalue weighted by Crippen LogP contribution is 2.69. The molecule has 0 radical (unpaired) electrons. The smallest absolute Gasteiger partial charge is 0.430 e. The lowest BCUT2D eigenvalue weighted by Gasteiger charge is -2.58. The Morgan fingerprint density at radius 3 is 2.43 bits per heavy atom. The number of nitrogen functional groups attached to an aromatic ring is 1. The molecule has 61 heavy (non-hydrogen) atoms. The van der Waals surface area contributed by atoms with Gasteiger partial charge >= 0.3 is 29.6 Å². The highest BCUT2D eigenvalue weighted by atomic mass is 31.3. The Morgan fingerprint density at radius 1 is 0.951 bits per heavy atom. The largest absolute Gasteiger partial charge is 0.541 e. The molecule has 1 aliphatic heterocycles. The number of hydrogen-bond donors (Lipinski definition) is 6. The van der Waals surface area contributed by atoms with E-state index in [0.29, 0.717) is 41.9 Å². The van der Waals surface area contributed by atoms with Gasteiger partial charge in [-0.05, 0) is 91.3 Å². The van der Waals surface area contributed by atoms with Gasteiger partial charge in [0.25, 0.3) is 0 Å². The molecule has 3 saturated carbocycles. The Morgan fingerprint density at radius 2 is 1.69 bits per heavy atom. The van der Waals surface area contributed by atoms with E-state index in [1.165, 1.54) is 55.0 Å². The Balaban J connectivity index is 0.888. The summed E-state index contributed by atoms with van der Waals surface area (Å²) in [4.78, 5) is 55.0. The fraction of sp³-hybridized carbons (Fsp3) is 0.789. The molecular formula is C38H60N5O15P3. The molecule has 4 aliphatic carbocycles. The molecule has 1 saturated heterocycles. The first-order valence-corrected chi connectivity index (χ1v) is 25.6. The second-order valence-corrected chi connectivity index (χ2v) is 23.2. The third-order valence-corrected chi connectivity index (χ3v) is 18.7. The SMILES string of the molecule is CC(C)CCC[C@@H](C)[C@H]1CC[C@H]2[C@@H]3CC=C4C[C@@H](OC(=O)OP(=O)(O)OP(=O)(O)OP(=O)(O)OC[C@H]5O[C@@H](n6cnc7c(N)ncnc76)[C@H](O)[C@@H]5O)CC[C@]4(C)[C@H]3CC[C@]12C. The van der Waals surface area contributed by atoms with Gasteiger partial charge in [-0.3, -0.25) is 14.0 Å². The Labute approximate surface area is 354 Å². The zero-order valence-corrected chi connectivity index (χ0v) is 37.8. The molecule has 7 rings (SSSR count). The molecular weight excluding hydrogens is 859 g/mol. The molecule has 342 valence electrons. The zero-order chi connectivity index (χ0) is 44.3. The number of aliphatic hydroxyl groups excluding tert-OH is 2. The number of carbonyl (C=O) groups excluding carboxylic acids is 1. The number of aliphatic hydroxyl groups is 2. The van der Waals surface area contributed by atoms with Gasteiger partial charge < -0.3 is 39.7 Å². The van der Waals surface area contributed by atoms with Crippen LogP contribution in [0.15, 0.2) is 24.3 Å². The summed E-state index contributed by atoms with van der Waals surface area (Å²) >= 11 is 0. The average molecular weight is 920 g/mol. The summed E-state index contributed by atoms with van der Waals surface area (Å²) in [5.74, 6) is 3.97. The molecule has 0 amide bonds. The van der Waals surface area contributed by atoms with E-state index in [0.717, 1.165) is 37.4 Å². The number of anilines is 1. The van der Waals surface area contributed by atoms with Crippen LogP contribution in [-0.2, 0) is 40.8 Å². The number of aromatic nitrogens is 4. The molecule has 3 heterocycles. The number of phosphoric ester groups is 2. The van der Waals surface area contributed by atoms with Gasteiger partial charge in [0, 0.05) is 6.42 Å². The van der Waals surface area contributed by atoms with Gasteiger partial charge in [0.05, 0.1) is 12.9 Å². The normalized spacial score (nSPS) is 37.1. The number of imidazole rings is 1. The number of nitrogens with two attached hydrogens (primary N) is 1. The monoisotopic (exact) mass is 919 g/mol. The number of fused-ring (bicyclic) bond motifs is 6. The molecule has 20 nitrogen and oxygen atoms in total. The number of phosphoric acid groups is 3. The molecule has 4 fully saturated rings. The maximum Gasteiger partial charge on any atom is 0.541 e. The van der Waals surface area contributed by atoms with Gasteiger partial charge in [-0.15, -0.1) is 0 Å². The third-order valence-electron chi connectivity index (χ3n) is 14.5. The molecule has 5 aliphatic rings. The number of allylic oxidation sites excluding steroid dienone is 1. The Kier molecular flexibility index (Phi) is 13.5. The van der Waals surface area contributed by atoms with Crippen LogP contribution in [0.2, 0.25) is 0 Å². The van der Waals surface area contributed by atoms with Crippen molar-refractivity contribution >= 4 is 46.6 Å². The molecule has 7 N–H and O–H groups in total. The Bertz CT molecular complexity index is 2120. The molecule has 2 aromatic rings. The van der Waals surface area contributed by atoms with Crippen molar-refractivity contribution in [3.63, 3.8) is 0 Å². The van der Waals surface area contributed by atoms with Crippen molar-refractivity contribution in [2.45, 2.75) is 136 Å². The number of carbonyl (C=O) groups is 1. The summed E-state index contributed by atoms with van der Waals surface area (Å²) in [6.45, 7) is 10.9. The zero-order valence-electron chi connectivity index (χ0n) is 35.1. The lowest BCUT2D eigenvalue weighted by molar-refractivity contribution is -0.0600. The van der Waals surface area contributed by atoms with E-state index in [4.69, 9.17) is 15.2 Å². The van der Waals surface area contributed by atoms with Crippen LogP contribution in [0, 0.1) is 46.3 Å². The highest BCUT2D eigenvalue weighted by Gasteiger charge is 2.59. The maximum atomic E-state index is 12.7. The predicted octanol–water partition coefficient (Wildman–Crippen LogP) is 6.94. The van der Waals surface area contributed by atoms with Gasteiger partial charge in [0.1, 0.15) is 36.3 Å². The number of ether oxygens (including phenoxy) is 2. The first kappa shape index (κ1) is 46.7. The van der Waals surface area contributed by atoms with Crippen LogP contribution in [0.3, 0.4) is 0 Å². The topological polar surface area (TPSA) is 294 Å². The van der Waals surface area contributed by atoms with Crippen molar-refractivity contribution in [1.82, 2.24) is 19.5 Å². The molecule has 15 atom stereocenters. The second kappa shape index (κ2) is 17.6. The van der Waals surface area contributed by atoms with Gasteiger partial charge in [-0.2, -0.15) is 8.62 Å². The summed E-state index contributed by atoms with van der Waals surface area (Å²) in [6.07, 6.45) is 7.39. The van der Waals surface area contributed by atoms with E-state index >= 15 is 0 Å². The van der Waals surface area contributed by atoms with Crippen molar-refractivity contribution in [2.75, 3.05) is 12.3 Å². The summed E-state index contributed by atoms with van der Waals surface area (Å²) in [6, 6.07) is 0. The van der Waals surface area contributed by atoms with Crippen LogP contribution in [0.1, 0.15) is 111 Å². The fourth-order valence-electron chi connectivity index (χ4n) is 11.6. The highest BCUT2D eigenvalue weighted by molar-refractivity contribution is 7.67. The maximum absolute atomic E-state index is 12.7. The van der Waals surface area contributed by atoms with Crippen molar-refractivity contribution < 1.29 is 70.5 Å². The van der Waals surface area contributed by atoms with Crippen molar-refractivity contribution in [2.24, 2.45) is 46.3 Å². The van der Waals surface area contributed by atoms with Gasteiger partial charge in [0.15, 0.2) is 17.7 Å². The van der Waals surface area contributed by atoms with Crippen LogP contribution in [-0.4, -0.2) is 81.6 Å². The molecule has 0 aromatic carbocycles. The van der Waals surface area contributed by atoms with Gasteiger partial charge in [-0.1, -0.05) is 65.5 Å². The van der Waals surface area contributed by atoms with Crippen LogP contribution < -0.4 is 5.73 Å². The number of nitrogens with zero attached hydrogens (tertiary/aromatic N) is 4. The molecule has 23 heteroatoms. The minimum Gasteiger partial charge on any atom is -0.430 e. The summed E-state index contributed by atoms with van der Waals surface area (Å²) in [5, 5.41) is 21.1. The first-order valence-electron chi connectivity index (χ1n) is 21.1. The lowest BCUT2D eigenvalue weighted by Crippen LogP contribution is -2.51. The van der Waals surface area contributed by atoms with Crippen LogP contribution >= 0.6 is 23.5 Å². The molecule has 3 unspecified atom stereocenters. The molecule has 0 bridgehead atoms. The minimum absolute atomic E-state index is 0.0351. The summed E-state index contributed by atoms with van der Waals surface area (Å²) in [7, 11) is -17.4. The van der Waals surface area contributed by atoms with Crippen LogP contribution in [0.4, 0.5) is 10.6 Å². The van der Waals surface area contributed by atoms with E-state index < -0.39 is 66.9 Å². The number of rotatable bonds is 15. The van der Waals surface area contributed by atoms with E-state index in [9.17, 15) is 43.4 Å². The number of hydrogen-bond acceptors (Lipinski definition) is 16. The van der Waals surface area contributed by atoms with E-state index in [1.807, 2.05) is 0 Å². The van der Waals surface area contributed by atoms with Gasteiger partial charge in [0.2, 0.25) is 0 Å². The van der Waals surface area contributed by atoms with Crippen molar-refractivity contribution in [3.8, 4) is 0 Å². The average Bonchev–Trinajstić information content (AvgIpc) is 3.82. The fourth-order valence-corrected chi connectivity index (χ4v) is 15.0. The Hall–Kier alpha value is -2.31. The first-order chi connectivity index (χ1) is 28.5. The third kappa shape index (κ3) is 9.72. The van der Waals surface area contributed by atoms with Crippen LogP contribution in [0.5, 0.6) is 0 Å². The quantitative estimate of drug-likeness (QED) is 0.0599. The van der Waals surface area contributed by atoms with Crippen LogP contribution in [0.25, 0.3) is 11.2 Å². The van der Waals surface area contributed by atoms with E-state index in [-0.39, 0.29) is 22.4 Å². The van der Waals surface area contributed by atoms with Gasteiger partial charge in [-0.25, -0.2) is 33.4 Å². The molecule has 0 spiro atoms. The van der Waals surface area contributed by atoms with Crippen molar-refractivity contribution in [3.05, 3.63) is 24.3 Å². The summed E-state index contributed by atoms with van der Waals surface area (Å²) < 4.78 is 67.3. The summed E-state index contributed by atoms with van der Waals surface area (Å²) in [5.41, 5.74) is 7.55. The van der Waals surface area contributed by atoms with E-state index in [1.54, 1.807) is 0 Å². The predicted molar refractivity (Wildman–Crippen MR) is 218 cm³/mol. The van der Waals surface area contributed by atoms with E-state index in [2.05, 4.69) is 73.3 Å². The standard InChI is InChI=1S/C38H60N5O15P3/c1-21(2)7-6-8-22(3)26-11-12-27-25-10-9-23-17-24(13-15-37(23,4)28(25)14-16-38(26,27)5)54-36(46)56-60(49,50)58-61(51,52)57-59(47,48)53-18-29-31(44)32(45)35(55-29)43-20-42-30-33(39)40-19-41-34(30)43/h9,19-22,24-29,31-32,35,44-45H,6-8,10-18H2,1-5H3,(H,47,48)(H,49,50)(H,51,52)(H2,39,40,41)/t22-,24+,25+,26-,27+,28+,29-,31-,32-,35-,37+,38-/m1/s1. The molecule has 2 aromatic heterocycles. The van der Waals surface area contributed by atoms with Crippen molar-refractivity contribution in [1.29, 1.82) is 0 Å². The second-order valence-electron chi connectivity index (χ2n) is 18.6. The minimum atomic E-state index is -5.97.